The van der Waals surface area contributed by atoms with Crippen molar-refractivity contribution in [1.82, 2.24) is 4.90 Å². The molecule has 1 fully saturated rings. The topological polar surface area (TPSA) is 38.5 Å². The number of nitrogens with two attached hydrogens (primary N) is 1. The summed E-state index contributed by atoms with van der Waals surface area (Å²) < 4.78 is 5.89. The van der Waals surface area contributed by atoms with E-state index in [2.05, 4.69) is 25.1 Å². The molecule has 3 nitrogen and oxygen atoms in total. The molecule has 0 saturated carbocycles. The number of likely N-dealkylation sites (N-methyl/N-ethyl adjacent to an activating group) is 1. The minimum absolute atomic E-state index is 0.344. The third-order valence-electron chi connectivity index (χ3n) is 3.15. The van der Waals surface area contributed by atoms with Gasteiger partial charge >= 0.3 is 0 Å². The molecule has 2 N–H and O–H groups in total. The van der Waals surface area contributed by atoms with E-state index in [9.17, 15) is 0 Å². The Kier molecular flexibility index (Phi) is 5.97. The molecule has 0 bridgehead atoms. The second-order valence-electron chi connectivity index (χ2n) is 4.34. The fraction of sp³-hybridized carbons (Fsp3) is 1.00. The summed E-state index contributed by atoms with van der Waals surface area (Å²) in [5.74, 6) is 1.16. The summed E-state index contributed by atoms with van der Waals surface area (Å²) in [7, 11) is 2.15. The zero-order chi connectivity index (χ0) is 11.3. The van der Waals surface area contributed by atoms with Crippen molar-refractivity contribution in [3.8, 4) is 0 Å². The van der Waals surface area contributed by atoms with Gasteiger partial charge in [0.05, 0.1) is 12.2 Å². The maximum atomic E-state index is 5.89. The van der Waals surface area contributed by atoms with Crippen molar-refractivity contribution in [3.63, 3.8) is 0 Å². The van der Waals surface area contributed by atoms with Crippen LogP contribution in [0.25, 0.3) is 0 Å². The number of rotatable bonds is 6. The van der Waals surface area contributed by atoms with Crippen molar-refractivity contribution in [2.24, 2.45) is 5.73 Å². The number of hydrogen-bond acceptors (Lipinski definition) is 4. The molecular formula is C11H24N2OS. The molecule has 3 atom stereocenters. The zero-order valence-corrected chi connectivity index (χ0v) is 10.9. The molecule has 0 amide bonds. The molecule has 0 aliphatic carbocycles. The van der Waals surface area contributed by atoms with Gasteiger partial charge in [-0.25, -0.2) is 0 Å². The number of nitrogens with zero attached hydrogens (tertiary/aromatic N) is 1. The van der Waals surface area contributed by atoms with E-state index in [1.54, 1.807) is 0 Å². The normalized spacial score (nSPS) is 28.6. The Morgan fingerprint density at radius 1 is 1.53 bits per heavy atom. The predicted molar refractivity (Wildman–Crippen MR) is 67.4 cm³/mol. The monoisotopic (exact) mass is 232 g/mol. The lowest BCUT2D eigenvalue weighted by atomic mass is 10.1. The van der Waals surface area contributed by atoms with E-state index >= 15 is 0 Å². The molecule has 4 heteroatoms. The van der Waals surface area contributed by atoms with E-state index in [-0.39, 0.29) is 0 Å². The molecule has 0 aromatic rings. The lowest BCUT2D eigenvalue weighted by molar-refractivity contribution is 0.00441. The Morgan fingerprint density at radius 2 is 2.27 bits per heavy atom. The quantitative estimate of drug-likeness (QED) is 0.746. The van der Waals surface area contributed by atoms with Crippen molar-refractivity contribution in [2.75, 3.05) is 32.1 Å². The first kappa shape index (κ1) is 13.3. The third-order valence-corrected chi connectivity index (χ3v) is 3.74. The molecular weight excluding hydrogens is 208 g/mol. The summed E-state index contributed by atoms with van der Waals surface area (Å²) in [6, 6.07) is 0.391. The first-order chi connectivity index (χ1) is 7.19. The average molecular weight is 232 g/mol. The summed E-state index contributed by atoms with van der Waals surface area (Å²) in [6.45, 7) is 3.94. The largest absolute Gasteiger partial charge is 0.374 e. The minimum Gasteiger partial charge on any atom is -0.374 e. The van der Waals surface area contributed by atoms with Crippen LogP contribution in [0.15, 0.2) is 0 Å². The van der Waals surface area contributed by atoms with Crippen molar-refractivity contribution in [2.45, 2.75) is 38.0 Å². The van der Waals surface area contributed by atoms with Crippen LogP contribution in [-0.4, -0.2) is 55.3 Å². The lowest BCUT2D eigenvalue weighted by Gasteiger charge is -2.31. The lowest BCUT2D eigenvalue weighted by Crippen LogP contribution is -2.47. The van der Waals surface area contributed by atoms with Crippen LogP contribution in [0.3, 0.4) is 0 Å². The van der Waals surface area contributed by atoms with E-state index in [1.165, 1.54) is 6.42 Å². The van der Waals surface area contributed by atoms with Crippen LogP contribution in [-0.2, 0) is 4.74 Å². The van der Waals surface area contributed by atoms with Gasteiger partial charge < -0.3 is 10.5 Å². The highest BCUT2D eigenvalue weighted by Crippen LogP contribution is 2.23. The molecule has 1 aliphatic heterocycles. The van der Waals surface area contributed by atoms with Crippen LogP contribution in [0.2, 0.25) is 0 Å². The van der Waals surface area contributed by atoms with Crippen LogP contribution < -0.4 is 5.73 Å². The van der Waals surface area contributed by atoms with Crippen LogP contribution in [0.1, 0.15) is 19.8 Å². The summed E-state index contributed by atoms with van der Waals surface area (Å²) >= 11 is 1.88. The number of ether oxygens (including phenoxy) is 1. The van der Waals surface area contributed by atoms with Gasteiger partial charge in [-0.2, -0.15) is 11.8 Å². The van der Waals surface area contributed by atoms with Crippen molar-refractivity contribution >= 4 is 11.8 Å². The highest BCUT2D eigenvalue weighted by atomic mass is 32.2. The smallest absolute Gasteiger partial charge is 0.0746 e. The van der Waals surface area contributed by atoms with E-state index in [1.807, 2.05) is 11.8 Å². The Hall–Kier alpha value is 0.230. The van der Waals surface area contributed by atoms with Crippen molar-refractivity contribution < 1.29 is 4.74 Å². The van der Waals surface area contributed by atoms with Gasteiger partial charge in [-0.1, -0.05) is 0 Å². The molecule has 0 aromatic carbocycles. The molecule has 1 rings (SSSR count). The standard InChI is InChI=1S/C11H24N2OS/c1-9-4-5-11(14-9)10(8-12)13(2)6-7-15-3/h9-11H,4-8,12H2,1-3H3. The van der Waals surface area contributed by atoms with E-state index in [0.717, 1.165) is 18.7 Å². The molecule has 1 saturated heterocycles. The van der Waals surface area contributed by atoms with Gasteiger partial charge in [-0.05, 0) is 33.1 Å². The van der Waals surface area contributed by atoms with Gasteiger partial charge in [0.1, 0.15) is 0 Å². The summed E-state index contributed by atoms with van der Waals surface area (Å²) in [5, 5.41) is 0. The number of thioether (sulfide) groups is 1. The fourth-order valence-electron chi connectivity index (χ4n) is 2.13. The van der Waals surface area contributed by atoms with E-state index in [0.29, 0.717) is 24.8 Å². The first-order valence-corrected chi connectivity index (χ1v) is 7.13. The Balaban J connectivity index is 2.40. The van der Waals surface area contributed by atoms with Gasteiger partial charge in [0, 0.05) is 24.9 Å². The van der Waals surface area contributed by atoms with Gasteiger partial charge in [-0.3, -0.25) is 4.90 Å². The van der Waals surface area contributed by atoms with Crippen molar-refractivity contribution in [1.29, 1.82) is 0 Å². The van der Waals surface area contributed by atoms with Crippen LogP contribution >= 0.6 is 11.8 Å². The Labute approximate surface area is 97.7 Å². The maximum Gasteiger partial charge on any atom is 0.0746 e. The zero-order valence-electron chi connectivity index (χ0n) is 10.1. The third kappa shape index (κ3) is 3.94. The Morgan fingerprint density at radius 3 is 2.73 bits per heavy atom. The molecule has 3 unspecified atom stereocenters. The highest BCUT2D eigenvalue weighted by Gasteiger charge is 2.30. The van der Waals surface area contributed by atoms with Gasteiger partial charge in [0.15, 0.2) is 0 Å². The molecule has 0 spiro atoms. The SMILES string of the molecule is CSCCN(C)C(CN)C1CCC(C)O1. The summed E-state index contributed by atoms with van der Waals surface area (Å²) in [5.41, 5.74) is 5.84. The molecule has 90 valence electrons. The van der Waals surface area contributed by atoms with E-state index < -0.39 is 0 Å². The second-order valence-corrected chi connectivity index (χ2v) is 5.32. The summed E-state index contributed by atoms with van der Waals surface area (Å²) in [6.07, 6.45) is 5.23. The maximum absolute atomic E-state index is 5.89. The Bertz CT molecular complexity index is 180. The first-order valence-electron chi connectivity index (χ1n) is 5.73. The number of hydrogen-bond donors (Lipinski definition) is 1. The molecule has 0 radical (unpaired) electrons. The summed E-state index contributed by atoms with van der Waals surface area (Å²) in [4.78, 5) is 2.35. The van der Waals surface area contributed by atoms with Crippen LogP contribution in [0.5, 0.6) is 0 Å². The molecule has 15 heavy (non-hydrogen) atoms. The average Bonchev–Trinajstić information content (AvgIpc) is 2.63. The van der Waals surface area contributed by atoms with Gasteiger partial charge in [0.2, 0.25) is 0 Å². The fourth-order valence-corrected chi connectivity index (χ4v) is 2.60. The van der Waals surface area contributed by atoms with Gasteiger partial charge in [0.25, 0.3) is 0 Å². The van der Waals surface area contributed by atoms with Gasteiger partial charge in [-0.15, -0.1) is 0 Å². The van der Waals surface area contributed by atoms with Crippen LogP contribution in [0, 0.1) is 0 Å². The van der Waals surface area contributed by atoms with Crippen molar-refractivity contribution in [3.05, 3.63) is 0 Å². The van der Waals surface area contributed by atoms with E-state index in [4.69, 9.17) is 10.5 Å². The second kappa shape index (κ2) is 6.74. The van der Waals surface area contributed by atoms with Crippen LogP contribution in [0.4, 0.5) is 0 Å². The predicted octanol–water partition coefficient (Wildman–Crippen LogP) is 1.18. The highest BCUT2D eigenvalue weighted by molar-refractivity contribution is 7.98. The molecule has 0 aromatic heterocycles. The minimum atomic E-state index is 0.344. The molecule has 1 aliphatic rings. The molecule has 1 heterocycles.